The van der Waals surface area contributed by atoms with Crippen molar-refractivity contribution in [3.05, 3.63) is 64.1 Å². The van der Waals surface area contributed by atoms with Crippen LogP contribution < -0.4 is 5.32 Å². The van der Waals surface area contributed by atoms with E-state index in [0.29, 0.717) is 5.56 Å². The third-order valence-electron chi connectivity index (χ3n) is 3.88. The number of nitrogens with one attached hydrogen (secondary N) is 1. The highest BCUT2D eigenvalue weighted by Crippen LogP contribution is 2.21. The van der Waals surface area contributed by atoms with Crippen LogP contribution in [0.5, 0.6) is 0 Å². The van der Waals surface area contributed by atoms with Gasteiger partial charge >= 0.3 is 0 Å². The van der Waals surface area contributed by atoms with Gasteiger partial charge in [0.05, 0.1) is 18.8 Å². The lowest BCUT2D eigenvalue weighted by molar-refractivity contribution is 0.0342. The van der Waals surface area contributed by atoms with Crippen molar-refractivity contribution in [1.82, 2.24) is 4.90 Å². The van der Waals surface area contributed by atoms with Crippen molar-refractivity contribution in [2.75, 3.05) is 31.6 Å². The number of halogens is 1. The Morgan fingerprint density at radius 2 is 1.78 bits per heavy atom. The van der Waals surface area contributed by atoms with Gasteiger partial charge in [-0.05, 0) is 39.7 Å². The van der Waals surface area contributed by atoms with Crippen LogP contribution in [0.4, 0.5) is 5.69 Å². The number of carbonyl (C=O) groups is 1. The van der Waals surface area contributed by atoms with Crippen molar-refractivity contribution in [2.45, 2.75) is 6.54 Å². The summed E-state index contributed by atoms with van der Waals surface area (Å²) in [7, 11) is 0. The van der Waals surface area contributed by atoms with Crippen molar-refractivity contribution in [3.8, 4) is 0 Å². The molecule has 3 rings (SSSR count). The van der Waals surface area contributed by atoms with E-state index < -0.39 is 0 Å². The number of benzene rings is 2. The minimum absolute atomic E-state index is 0.105. The normalized spacial score (nSPS) is 15.3. The van der Waals surface area contributed by atoms with E-state index in [-0.39, 0.29) is 5.91 Å². The molecule has 0 aromatic heterocycles. The highest BCUT2D eigenvalue weighted by atomic mass is 79.9. The SMILES string of the molecule is O=C(Nc1ccccc1CN1CCOCC1)c1ccccc1Br. The molecule has 0 saturated carbocycles. The van der Waals surface area contributed by atoms with Gasteiger partial charge < -0.3 is 10.1 Å². The highest BCUT2D eigenvalue weighted by Gasteiger charge is 2.15. The summed E-state index contributed by atoms with van der Waals surface area (Å²) in [6.07, 6.45) is 0. The average Bonchev–Trinajstić information content (AvgIpc) is 2.58. The molecule has 23 heavy (non-hydrogen) atoms. The lowest BCUT2D eigenvalue weighted by Crippen LogP contribution is -2.35. The first-order chi connectivity index (χ1) is 11.2. The van der Waals surface area contributed by atoms with Gasteiger partial charge in [-0.2, -0.15) is 0 Å². The molecular weight excluding hydrogens is 356 g/mol. The molecule has 2 aromatic carbocycles. The van der Waals surface area contributed by atoms with Crippen LogP contribution in [0.25, 0.3) is 0 Å². The van der Waals surface area contributed by atoms with E-state index in [2.05, 4.69) is 32.2 Å². The van der Waals surface area contributed by atoms with Crippen LogP contribution in [-0.2, 0) is 11.3 Å². The van der Waals surface area contributed by atoms with Crippen LogP contribution in [0.1, 0.15) is 15.9 Å². The Labute approximate surface area is 144 Å². The maximum atomic E-state index is 12.5. The van der Waals surface area contributed by atoms with E-state index in [4.69, 9.17) is 4.74 Å². The van der Waals surface area contributed by atoms with Crippen molar-refractivity contribution in [1.29, 1.82) is 0 Å². The average molecular weight is 375 g/mol. The Kier molecular flexibility index (Phi) is 5.43. The molecule has 1 N–H and O–H groups in total. The predicted octanol–water partition coefficient (Wildman–Crippen LogP) is 3.53. The van der Waals surface area contributed by atoms with Gasteiger partial charge in [0, 0.05) is 29.8 Å². The maximum absolute atomic E-state index is 12.5. The van der Waals surface area contributed by atoms with Crippen molar-refractivity contribution >= 4 is 27.5 Å². The lowest BCUT2D eigenvalue weighted by Gasteiger charge is -2.27. The van der Waals surface area contributed by atoms with Crippen LogP contribution in [0, 0.1) is 0 Å². The van der Waals surface area contributed by atoms with Gasteiger partial charge in [-0.1, -0.05) is 30.3 Å². The van der Waals surface area contributed by atoms with Gasteiger partial charge in [-0.25, -0.2) is 0 Å². The fourth-order valence-corrected chi connectivity index (χ4v) is 3.08. The molecule has 0 atom stereocenters. The first kappa shape index (κ1) is 16.2. The molecule has 2 aromatic rings. The summed E-state index contributed by atoms with van der Waals surface area (Å²) < 4.78 is 6.18. The topological polar surface area (TPSA) is 41.6 Å². The molecule has 1 aliphatic heterocycles. The number of amides is 1. The van der Waals surface area contributed by atoms with E-state index in [9.17, 15) is 4.79 Å². The molecule has 0 aliphatic carbocycles. The second kappa shape index (κ2) is 7.73. The monoisotopic (exact) mass is 374 g/mol. The Balaban J connectivity index is 1.75. The standard InChI is InChI=1S/C18H19BrN2O2/c19-16-7-3-2-6-15(16)18(22)20-17-8-4-1-5-14(17)13-21-9-11-23-12-10-21/h1-8H,9-13H2,(H,20,22). The zero-order valence-corrected chi connectivity index (χ0v) is 14.4. The minimum Gasteiger partial charge on any atom is -0.379 e. The number of hydrogen-bond acceptors (Lipinski definition) is 3. The maximum Gasteiger partial charge on any atom is 0.256 e. The molecule has 0 bridgehead atoms. The molecule has 1 amide bonds. The quantitative estimate of drug-likeness (QED) is 0.889. The summed E-state index contributed by atoms with van der Waals surface area (Å²) in [5, 5.41) is 3.03. The third kappa shape index (κ3) is 4.19. The number of anilines is 1. The Bertz CT molecular complexity index is 684. The van der Waals surface area contributed by atoms with Gasteiger partial charge in [0.1, 0.15) is 0 Å². The van der Waals surface area contributed by atoms with Crippen LogP contribution in [-0.4, -0.2) is 37.1 Å². The fraction of sp³-hybridized carbons (Fsp3) is 0.278. The highest BCUT2D eigenvalue weighted by molar-refractivity contribution is 9.10. The second-order valence-corrected chi connectivity index (χ2v) is 6.33. The summed E-state index contributed by atoms with van der Waals surface area (Å²) >= 11 is 3.43. The number of morpholine rings is 1. The number of carbonyl (C=O) groups excluding carboxylic acids is 1. The Morgan fingerprint density at radius 1 is 1.09 bits per heavy atom. The Hall–Kier alpha value is -1.69. The van der Waals surface area contributed by atoms with Gasteiger partial charge in [0.2, 0.25) is 0 Å². The number of hydrogen-bond donors (Lipinski definition) is 1. The van der Waals surface area contributed by atoms with Crippen LogP contribution in [0.3, 0.4) is 0 Å². The molecular formula is C18H19BrN2O2. The van der Waals surface area contributed by atoms with Gasteiger partial charge in [0.25, 0.3) is 5.91 Å². The molecule has 1 fully saturated rings. The Morgan fingerprint density at radius 3 is 2.57 bits per heavy atom. The molecule has 1 heterocycles. The first-order valence-corrected chi connectivity index (χ1v) is 8.47. The molecule has 120 valence electrons. The lowest BCUT2D eigenvalue weighted by atomic mass is 10.1. The summed E-state index contributed by atoms with van der Waals surface area (Å²) in [5.41, 5.74) is 2.61. The van der Waals surface area contributed by atoms with E-state index in [1.807, 2.05) is 42.5 Å². The van der Waals surface area contributed by atoms with Gasteiger partial charge in [-0.15, -0.1) is 0 Å². The zero-order chi connectivity index (χ0) is 16.1. The fourth-order valence-electron chi connectivity index (χ4n) is 2.62. The van der Waals surface area contributed by atoms with Crippen LogP contribution >= 0.6 is 15.9 Å². The van der Waals surface area contributed by atoms with Crippen molar-refractivity contribution < 1.29 is 9.53 Å². The minimum atomic E-state index is -0.105. The van der Waals surface area contributed by atoms with Crippen molar-refractivity contribution in [3.63, 3.8) is 0 Å². The first-order valence-electron chi connectivity index (χ1n) is 7.68. The zero-order valence-electron chi connectivity index (χ0n) is 12.8. The summed E-state index contributed by atoms with van der Waals surface area (Å²) in [6.45, 7) is 4.20. The molecule has 0 unspecified atom stereocenters. The summed E-state index contributed by atoms with van der Waals surface area (Å²) in [6, 6.07) is 15.4. The molecule has 0 radical (unpaired) electrons. The van der Waals surface area contributed by atoms with E-state index >= 15 is 0 Å². The molecule has 1 saturated heterocycles. The summed E-state index contributed by atoms with van der Waals surface area (Å²) in [4.78, 5) is 14.8. The number of para-hydroxylation sites is 1. The molecule has 0 spiro atoms. The van der Waals surface area contributed by atoms with E-state index in [1.54, 1.807) is 0 Å². The summed E-state index contributed by atoms with van der Waals surface area (Å²) in [5.74, 6) is -0.105. The molecule has 5 heteroatoms. The van der Waals surface area contributed by atoms with Crippen molar-refractivity contribution in [2.24, 2.45) is 0 Å². The second-order valence-electron chi connectivity index (χ2n) is 5.48. The third-order valence-corrected chi connectivity index (χ3v) is 4.57. The molecule has 4 nitrogen and oxygen atoms in total. The van der Waals surface area contributed by atoms with Crippen LogP contribution in [0.2, 0.25) is 0 Å². The van der Waals surface area contributed by atoms with E-state index in [0.717, 1.165) is 48.6 Å². The number of nitrogens with zero attached hydrogens (tertiary/aromatic N) is 1. The van der Waals surface area contributed by atoms with Gasteiger partial charge in [-0.3, -0.25) is 9.69 Å². The van der Waals surface area contributed by atoms with E-state index in [1.165, 1.54) is 0 Å². The number of ether oxygens (including phenoxy) is 1. The van der Waals surface area contributed by atoms with Crippen LogP contribution in [0.15, 0.2) is 53.0 Å². The molecule has 1 aliphatic rings. The predicted molar refractivity (Wildman–Crippen MR) is 94.6 cm³/mol. The number of rotatable bonds is 4. The smallest absolute Gasteiger partial charge is 0.256 e. The van der Waals surface area contributed by atoms with Gasteiger partial charge in [0.15, 0.2) is 0 Å². The largest absolute Gasteiger partial charge is 0.379 e.